The minimum Gasteiger partial charge on any atom is -0.303 e. The molecule has 0 atom stereocenters. The molecule has 0 unspecified atom stereocenters. The first-order valence-electron chi connectivity index (χ1n) is 11.5. The zero-order valence-corrected chi connectivity index (χ0v) is 21.2. The van der Waals surface area contributed by atoms with Gasteiger partial charge in [0.2, 0.25) is 10.0 Å². The van der Waals surface area contributed by atoms with Crippen LogP contribution in [0.3, 0.4) is 0 Å². The monoisotopic (exact) mass is 518 g/mol. The molecule has 1 saturated heterocycles. The Balaban J connectivity index is 1.33. The van der Waals surface area contributed by atoms with Crippen molar-refractivity contribution in [2.45, 2.75) is 70.8 Å². The molecule has 0 aromatic heterocycles. The summed E-state index contributed by atoms with van der Waals surface area (Å²) < 4.78 is 28.0. The lowest BCUT2D eigenvalue weighted by Crippen LogP contribution is -2.39. The van der Waals surface area contributed by atoms with E-state index in [2.05, 4.69) is 37.7 Å². The zero-order chi connectivity index (χ0) is 21.6. The number of hydrogen-bond acceptors (Lipinski definition) is 3. The van der Waals surface area contributed by atoms with E-state index in [4.69, 9.17) is 11.6 Å². The van der Waals surface area contributed by atoms with Gasteiger partial charge in [0.05, 0.1) is 5.75 Å². The minimum atomic E-state index is -3.08. The maximum atomic E-state index is 12.0. The van der Waals surface area contributed by atoms with Gasteiger partial charge in [-0.2, -0.15) is 0 Å². The van der Waals surface area contributed by atoms with Crippen LogP contribution in [0.1, 0.15) is 63.9 Å². The third-order valence-corrected chi connectivity index (χ3v) is 9.39. The van der Waals surface area contributed by atoms with Gasteiger partial charge in [-0.05, 0) is 113 Å². The van der Waals surface area contributed by atoms with Crippen LogP contribution in [-0.2, 0) is 16.4 Å². The van der Waals surface area contributed by atoms with Gasteiger partial charge < -0.3 is 4.90 Å². The number of hydrogen-bond donors (Lipinski definition) is 1. The highest BCUT2D eigenvalue weighted by molar-refractivity contribution is 9.10. The summed E-state index contributed by atoms with van der Waals surface area (Å²) in [5.74, 6) is 1.73. The molecule has 2 aliphatic rings. The van der Waals surface area contributed by atoms with Crippen molar-refractivity contribution >= 4 is 37.6 Å². The molecule has 0 spiro atoms. The molecule has 1 aliphatic heterocycles. The second kappa shape index (κ2) is 11.6. The molecule has 0 amide bonds. The average Bonchev–Trinajstić information content (AvgIpc) is 2.71. The van der Waals surface area contributed by atoms with Gasteiger partial charge in [-0.15, -0.1) is 0 Å². The summed E-state index contributed by atoms with van der Waals surface area (Å²) in [6, 6.07) is 6.23. The Morgan fingerprint density at radius 2 is 1.80 bits per heavy atom. The smallest absolute Gasteiger partial charge is 0.211 e. The van der Waals surface area contributed by atoms with Gasteiger partial charge >= 0.3 is 0 Å². The fourth-order valence-electron chi connectivity index (χ4n) is 4.94. The number of halogens is 2. The van der Waals surface area contributed by atoms with Crippen LogP contribution in [0.25, 0.3) is 0 Å². The first-order valence-corrected chi connectivity index (χ1v) is 14.3. The fraction of sp³-hybridized carbons (Fsp3) is 0.739. The molecule has 30 heavy (non-hydrogen) atoms. The highest BCUT2D eigenvalue weighted by Crippen LogP contribution is 2.30. The van der Waals surface area contributed by atoms with E-state index in [9.17, 15) is 8.42 Å². The van der Waals surface area contributed by atoms with E-state index in [1.165, 1.54) is 48.9 Å². The van der Waals surface area contributed by atoms with Crippen LogP contribution < -0.4 is 4.72 Å². The standard InChI is InChI=1S/C23H36BrClN2O2S/c1-2-15-30(28,29)26-22-6-3-18(4-7-22)9-12-27-13-10-19(11-14-27)16-20-17-21(25)5-8-23(20)24/h5,8,17-19,22,26H,2-4,6-7,9-16H2,1H3. The van der Waals surface area contributed by atoms with Crippen LogP contribution in [0.5, 0.6) is 0 Å². The molecule has 0 bridgehead atoms. The van der Waals surface area contributed by atoms with Crippen molar-refractivity contribution < 1.29 is 8.42 Å². The Morgan fingerprint density at radius 1 is 1.10 bits per heavy atom. The molecular formula is C23H36BrClN2O2S. The topological polar surface area (TPSA) is 49.4 Å². The van der Waals surface area contributed by atoms with Crippen LogP contribution in [0.15, 0.2) is 22.7 Å². The molecule has 0 radical (unpaired) electrons. The molecule has 170 valence electrons. The Bertz CT molecular complexity index is 773. The SMILES string of the molecule is CCCS(=O)(=O)NC1CCC(CCN2CCC(Cc3cc(Cl)ccc3Br)CC2)CC1. The molecular weight excluding hydrogens is 484 g/mol. The molecule has 1 aromatic carbocycles. The first kappa shape index (κ1) is 24.5. The van der Waals surface area contributed by atoms with Gasteiger partial charge in [0.25, 0.3) is 0 Å². The maximum absolute atomic E-state index is 12.0. The van der Waals surface area contributed by atoms with E-state index in [-0.39, 0.29) is 11.8 Å². The lowest BCUT2D eigenvalue weighted by atomic mass is 9.84. The van der Waals surface area contributed by atoms with E-state index in [1.807, 2.05) is 13.0 Å². The highest BCUT2D eigenvalue weighted by Gasteiger charge is 2.26. The molecule has 3 rings (SSSR count). The number of piperidine rings is 1. The largest absolute Gasteiger partial charge is 0.303 e. The predicted octanol–water partition coefficient (Wildman–Crippen LogP) is 5.64. The molecule has 1 N–H and O–H groups in total. The van der Waals surface area contributed by atoms with Crippen LogP contribution >= 0.6 is 27.5 Å². The number of benzene rings is 1. The van der Waals surface area contributed by atoms with E-state index in [1.54, 1.807) is 0 Å². The normalized spacial score (nSPS) is 24.2. The van der Waals surface area contributed by atoms with Crippen LogP contribution in [-0.4, -0.2) is 44.7 Å². The number of sulfonamides is 1. The Kier molecular flexibility index (Phi) is 9.51. The molecule has 2 fully saturated rings. The van der Waals surface area contributed by atoms with Gasteiger partial charge in [-0.1, -0.05) is 34.5 Å². The lowest BCUT2D eigenvalue weighted by Gasteiger charge is -2.34. The summed E-state index contributed by atoms with van der Waals surface area (Å²) >= 11 is 9.82. The van der Waals surface area contributed by atoms with Crippen molar-refractivity contribution in [1.29, 1.82) is 0 Å². The third kappa shape index (κ3) is 7.77. The fourth-order valence-corrected chi connectivity index (χ4v) is 6.94. The van der Waals surface area contributed by atoms with E-state index < -0.39 is 10.0 Å². The van der Waals surface area contributed by atoms with Crippen molar-refractivity contribution in [3.05, 3.63) is 33.3 Å². The van der Waals surface area contributed by atoms with Gasteiger partial charge in [-0.25, -0.2) is 13.1 Å². The lowest BCUT2D eigenvalue weighted by molar-refractivity contribution is 0.164. The number of nitrogens with one attached hydrogen (secondary N) is 1. The van der Waals surface area contributed by atoms with Crippen molar-refractivity contribution in [2.75, 3.05) is 25.4 Å². The summed E-state index contributed by atoms with van der Waals surface area (Å²) in [6.45, 7) is 5.48. The quantitative estimate of drug-likeness (QED) is 0.460. The van der Waals surface area contributed by atoms with Gasteiger partial charge in [0.15, 0.2) is 0 Å². The predicted molar refractivity (Wildman–Crippen MR) is 130 cm³/mol. The van der Waals surface area contributed by atoms with Crippen LogP contribution in [0.2, 0.25) is 5.02 Å². The van der Waals surface area contributed by atoms with Gasteiger partial charge in [0.1, 0.15) is 0 Å². The van der Waals surface area contributed by atoms with Crippen molar-refractivity contribution in [1.82, 2.24) is 9.62 Å². The molecule has 7 heteroatoms. The average molecular weight is 520 g/mol. The highest BCUT2D eigenvalue weighted by atomic mass is 79.9. The van der Waals surface area contributed by atoms with E-state index in [0.29, 0.717) is 6.42 Å². The Morgan fingerprint density at radius 3 is 2.47 bits per heavy atom. The van der Waals surface area contributed by atoms with E-state index >= 15 is 0 Å². The maximum Gasteiger partial charge on any atom is 0.211 e. The molecule has 1 aliphatic carbocycles. The zero-order valence-electron chi connectivity index (χ0n) is 18.1. The first-order chi connectivity index (χ1) is 14.3. The van der Waals surface area contributed by atoms with Crippen molar-refractivity contribution in [3.63, 3.8) is 0 Å². The summed E-state index contributed by atoms with van der Waals surface area (Å²) in [5, 5.41) is 0.818. The molecule has 1 aromatic rings. The van der Waals surface area contributed by atoms with Gasteiger partial charge in [-0.3, -0.25) is 0 Å². The molecule has 1 saturated carbocycles. The van der Waals surface area contributed by atoms with Gasteiger partial charge in [0, 0.05) is 15.5 Å². The van der Waals surface area contributed by atoms with Crippen molar-refractivity contribution in [3.8, 4) is 0 Å². The summed E-state index contributed by atoms with van der Waals surface area (Å²) in [5.41, 5.74) is 1.33. The van der Waals surface area contributed by atoms with Crippen LogP contribution in [0, 0.1) is 11.8 Å². The molecule has 4 nitrogen and oxygen atoms in total. The minimum absolute atomic E-state index is 0.152. The van der Waals surface area contributed by atoms with Crippen LogP contribution in [0.4, 0.5) is 0 Å². The third-order valence-electron chi connectivity index (χ3n) is 6.74. The summed E-state index contributed by atoms with van der Waals surface area (Å²) in [7, 11) is -3.08. The number of nitrogens with zero attached hydrogens (tertiary/aromatic N) is 1. The number of rotatable bonds is 9. The van der Waals surface area contributed by atoms with Crippen molar-refractivity contribution in [2.24, 2.45) is 11.8 Å². The summed E-state index contributed by atoms with van der Waals surface area (Å²) in [4.78, 5) is 2.62. The second-order valence-electron chi connectivity index (χ2n) is 9.17. The Hall–Kier alpha value is -0.140. The Labute approximate surface area is 196 Å². The number of likely N-dealkylation sites (tertiary alicyclic amines) is 1. The van der Waals surface area contributed by atoms with E-state index in [0.717, 1.165) is 49.0 Å². The summed E-state index contributed by atoms with van der Waals surface area (Å²) in [6.07, 6.45) is 9.82. The molecule has 1 heterocycles. The second-order valence-corrected chi connectivity index (χ2v) is 12.3.